The molecule has 0 saturated carbocycles. The quantitative estimate of drug-likeness (QED) is 0.597. The Morgan fingerprint density at radius 3 is 2.48 bits per heavy atom. The molecule has 0 aliphatic heterocycles. The third-order valence-corrected chi connectivity index (χ3v) is 4.21. The zero-order valence-corrected chi connectivity index (χ0v) is 13.3. The van der Waals surface area contributed by atoms with Gasteiger partial charge in [-0.25, -0.2) is 4.79 Å². The molecule has 116 valence electrons. The zero-order valence-electron chi connectivity index (χ0n) is 12.4. The van der Waals surface area contributed by atoms with Gasteiger partial charge < -0.3 is 15.8 Å². The number of esters is 1. The lowest BCUT2D eigenvalue weighted by atomic mass is 10.1. The SMILES string of the molecule is CCCCCC(=O)Nc1sc(C(=O)OC)c(C)c1C(N)=O. The lowest BCUT2D eigenvalue weighted by Crippen LogP contribution is -2.17. The van der Waals surface area contributed by atoms with Gasteiger partial charge in [0.2, 0.25) is 5.91 Å². The fraction of sp³-hybridized carbons (Fsp3) is 0.500. The fourth-order valence-electron chi connectivity index (χ4n) is 1.91. The number of rotatable bonds is 7. The molecule has 0 radical (unpaired) electrons. The summed E-state index contributed by atoms with van der Waals surface area (Å²) in [4.78, 5) is 35.3. The maximum absolute atomic E-state index is 11.8. The topological polar surface area (TPSA) is 98.5 Å². The normalized spacial score (nSPS) is 10.2. The number of amides is 2. The summed E-state index contributed by atoms with van der Waals surface area (Å²) in [5, 5.41) is 2.97. The summed E-state index contributed by atoms with van der Waals surface area (Å²) in [6, 6.07) is 0. The van der Waals surface area contributed by atoms with Gasteiger partial charge in [-0.1, -0.05) is 19.8 Å². The molecule has 6 nitrogen and oxygen atoms in total. The molecule has 0 aliphatic carbocycles. The Bertz CT molecular complexity index is 551. The zero-order chi connectivity index (χ0) is 16.0. The van der Waals surface area contributed by atoms with Crippen LogP contribution in [0, 0.1) is 6.92 Å². The average Bonchev–Trinajstić information content (AvgIpc) is 2.74. The van der Waals surface area contributed by atoms with Crippen LogP contribution in [0.4, 0.5) is 5.00 Å². The maximum atomic E-state index is 11.8. The van der Waals surface area contributed by atoms with E-state index >= 15 is 0 Å². The van der Waals surface area contributed by atoms with Crippen molar-refractivity contribution in [3.8, 4) is 0 Å². The molecule has 1 heterocycles. The van der Waals surface area contributed by atoms with Gasteiger partial charge in [-0.05, 0) is 18.9 Å². The molecule has 7 heteroatoms. The number of carbonyl (C=O) groups is 3. The highest BCUT2D eigenvalue weighted by atomic mass is 32.1. The van der Waals surface area contributed by atoms with Gasteiger partial charge >= 0.3 is 5.97 Å². The molecule has 2 amide bonds. The van der Waals surface area contributed by atoms with Gasteiger partial charge in [0.05, 0.1) is 12.7 Å². The van der Waals surface area contributed by atoms with Crippen molar-refractivity contribution in [2.45, 2.75) is 39.5 Å². The Hall–Kier alpha value is -1.89. The first-order valence-electron chi connectivity index (χ1n) is 6.73. The Kier molecular flexibility index (Phi) is 6.36. The van der Waals surface area contributed by atoms with Crippen LogP contribution >= 0.6 is 11.3 Å². The Morgan fingerprint density at radius 2 is 1.95 bits per heavy atom. The number of unbranched alkanes of at least 4 members (excludes halogenated alkanes) is 2. The molecule has 1 rings (SSSR count). The number of methoxy groups -OCH3 is 1. The van der Waals surface area contributed by atoms with E-state index in [9.17, 15) is 14.4 Å². The third kappa shape index (κ3) is 4.29. The van der Waals surface area contributed by atoms with Gasteiger partial charge in [0.25, 0.3) is 5.91 Å². The predicted molar refractivity (Wildman–Crippen MR) is 81.7 cm³/mol. The summed E-state index contributed by atoms with van der Waals surface area (Å²) >= 11 is 1.01. The van der Waals surface area contributed by atoms with Crippen LogP contribution in [0.3, 0.4) is 0 Å². The standard InChI is InChI=1S/C14H20N2O4S/c1-4-5-6-7-9(17)16-13-10(12(15)18)8(2)11(21-13)14(19)20-3/h4-7H2,1-3H3,(H2,15,18)(H,16,17). The number of nitrogens with two attached hydrogens (primary N) is 1. The minimum atomic E-state index is -0.678. The highest BCUT2D eigenvalue weighted by Gasteiger charge is 2.24. The number of hydrogen-bond donors (Lipinski definition) is 2. The van der Waals surface area contributed by atoms with E-state index in [4.69, 9.17) is 5.73 Å². The minimum Gasteiger partial charge on any atom is -0.465 e. The summed E-state index contributed by atoms with van der Waals surface area (Å²) in [5.74, 6) is -1.42. The first-order valence-corrected chi connectivity index (χ1v) is 7.55. The van der Waals surface area contributed by atoms with Crippen molar-refractivity contribution in [2.75, 3.05) is 12.4 Å². The van der Waals surface area contributed by atoms with Crippen molar-refractivity contribution in [3.63, 3.8) is 0 Å². The average molecular weight is 312 g/mol. The second-order valence-corrected chi connectivity index (χ2v) is 5.64. The number of primary amides is 1. The molecule has 0 spiro atoms. The van der Waals surface area contributed by atoms with Crippen LogP contribution in [-0.2, 0) is 9.53 Å². The highest BCUT2D eigenvalue weighted by molar-refractivity contribution is 7.18. The second kappa shape index (κ2) is 7.78. The molecular formula is C14H20N2O4S. The number of anilines is 1. The number of hydrogen-bond acceptors (Lipinski definition) is 5. The molecule has 0 saturated heterocycles. The number of thiophene rings is 1. The summed E-state index contributed by atoms with van der Waals surface area (Å²) in [5.41, 5.74) is 5.94. The lowest BCUT2D eigenvalue weighted by Gasteiger charge is -2.04. The highest BCUT2D eigenvalue weighted by Crippen LogP contribution is 2.33. The molecule has 1 aromatic rings. The van der Waals surface area contributed by atoms with Crippen molar-refractivity contribution in [1.82, 2.24) is 0 Å². The number of ether oxygens (including phenoxy) is 1. The third-order valence-electron chi connectivity index (χ3n) is 3.02. The summed E-state index contributed by atoms with van der Waals surface area (Å²) in [7, 11) is 1.26. The van der Waals surface area contributed by atoms with Crippen LogP contribution in [0.25, 0.3) is 0 Å². The Balaban J connectivity index is 2.98. The largest absolute Gasteiger partial charge is 0.465 e. The number of carbonyl (C=O) groups excluding carboxylic acids is 3. The van der Waals surface area contributed by atoms with Crippen molar-refractivity contribution in [3.05, 3.63) is 16.0 Å². The van der Waals surface area contributed by atoms with E-state index in [1.165, 1.54) is 7.11 Å². The first kappa shape index (κ1) is 17.2. The molecule has 0 aliphatic rings. The van der Waals surface area contributed by atoms with Crippen LogP contribution in [-0.4, -0.2) is 24.9 Å². The van der Waals surface area contributed by atoms with Crippen molar-refractivity contribution in [1.29, 1.82) is 0 Å². The van der Waals surface area contributed by atoms with Gasteiger partial charge in [0.15, 0.2) is 0 Å². The van der Waals surface area contributed by atoms with Gasteiger partial charge in [0, 0.05) is 6.42 Å². The molecule has 0 aromatic carbocycles. The molecule has 3 N–H and O–H groups in total. The van der Waals surface area contributed by atoms with Crippen molar-refractivity contribution < 1.29 is 19.1 Å². The van der Waals surface area contributed by atoms with Crippen LogP contribution in [0.2, 0.25) is 0 Å². The van der Waals surface area contributed by atoms with Crippen LogP contribution in [0.5, 0.6) is 0 Å². The van der Waals surface area contributed by atoms with E-state index in [0.717, 1.165) is 30.6 Å². The summed E-state index contributed by atoms with van der Waals surface area (Å²) < 4.78 is 4.66. The van der Waals surface area contributed by atoms with Gasteiger partial charge in [-0.15, -0.1) is 11.3 Å². The Labute approximate surface area is 127 Å². The summed E-state index contributed by atoms with van der Waals surface area (Å²) in [6.45, 7) is 3.66. The molecule has 21 heavy (non-hydrogen) atoms. The predicted octanol–water partition coefficient (Wildman–Crippen LogP) is 2.46. The van der Waals surface area contributed by atoms with E-state index in [1.54, 1.807) is 6.92 Å². The van der Waals surface area contributed by atoms with Crippen LogP contribution < -0.4 is 11.1 Å². The molecule has 0 atom stereocenters. The Morgan fingerprint density at radius 1 is 1.29 bits per heavy atom. The van der Waals surface area contributed by atoms with Crippen molar-refractivity contribution in [2.24, 2.45) is 5.73 Å². The smallest absolute Gasteiger partial charge is 0.348 e. The van der Waals surface area contributed by atoms with Gasteiger partial charge in [-0.2, -0.15) is 0 Å². The van der Waals surface area contributed by atoms with E-state index in [0.29, 0.717) is 17.0 Å². The van der Waals surface area contributed by atoms with E-state index in [2.05, 4.69) is 10.1 Å². The van der Waals surface area contributed by atoms with Crippen molar-refractivity contribution >= 4 is 34.1 Å². The molecule has 1 aromatic heterocycles. The fourth-order valence-corrected chi connectivity index (χ4v) is 3.06. The number of nitrogens with one attached hydrogen (secondary N) is 1. The van der Waals surface area contributed by atoms with Gasteiger partial charge in [-0.3, -0.25) is 9.59 Å². The molecule has 0 bridgehead atoms. The second-order valence-electron chi connectivity index (χ2n) is 4.62. The first-order chi connectivity index (χ1) is 9.92. The molecule has 0 unspecified atom stereocenters. The summed E-state index contributed by atoms with van der Waals surface area (Å²) in [6.07, 6.45) is 3.14. The molecular weight excluding hydrogens is 292 g/mol. The van der Waals surface area contributed by atoms with E-state index in [1.807, 2.05) is 6.92 Å². The maximum Gasteiger partial charge on any atom is 0.348 e. The molecule has 0 fully saturated rings. The van der Waals surface area contributed by atoms with Crippen LogP contribution in [0.1, 0.15) is 58.2 Å². The van der Waals surface area contributed by atoms with Crippen LogP contribution in [0.15, 0.2) is 0 Å². The van der Waals surface area contributed by atoms with E-state index in [-0.39, 0.29) is 16.3 Å². The monoisotopic (exact) mass is 312 g/mol. The lowest BCUT2D eigenvalue weighted by molar-refractivity contribution is -0.116. The van der Waals surface area contributed by atoms with E-state index < -0.39 is 11.9 Å². The minimum absolute atomic E-state index is 0.171. The van der Waals surface area contributed by atoms with Gasteiger partial charge in [0.1, 0.15) is 9.88 Å².